The summed E-state index contributed by atoms with van der Waals surface area (Å²) in [4.78, 5) is 10.7. The van der Waals surface area contributed by atoms with Gasteiger partial charge in [-0.3, -0.25) is 4.79 Å². The zero-order chi connectivity index (χ0) is 7.40. The fourth-order valence-electron chi connectivity index (χ4n) is 1.16. The smallest absolute Gasteiger partial charge is 0.220 e. The predicted molar refractivity (Wildman–Crippen MR) is 44.1 cm³/mol. The van der Waals surface area contributed by atoms with Crippen LogP contribution in [-0.4, -0.2) is 24.5 Å². The Morgan fingerprint density at radius 3 is 3.10 bits per heavy atom. The summed E-state index contributed by atoms with van der Waals surface area (Å²) in [7, 11) is 0. The topological polar surface area (TPSA) is 29.1 Å². The lowest BCUT2D eigenvalue weighted by atomic mass is 10.0. The molecule has 1 heterocycles. The van der Waals surface area contributed by atoms with Gasteiger partial charge in [-0.1, -0.05) is 0 Å². The molecular weight excluding hydrogens is 146 g/mol. The number of carbonyl (C=O) groups is 1. The molecule has 1 aliphatic rings. The molecule has 0 aromatic rings. The highest BCUT2D eigenvalue weighted by Gasteiger charge is 2.16. The summed E-state index contributed by atoms with van der Waals surface area (Å²) < 4.78 is 0. The Bertz CT molecular complexity index is 117. The van der Waals surface area contributed by atoms with E-state index < -0.39 is 0 Å². The number of hydrogen-bond donors (Lipinski definition) is 1. The van der Waals surface area contributed by atoms with Crippen molar-refractivity contribution in [2.75, 3.05) is 18.6 Å². The molecule has 1 rings (SSSR count). The maximum Gasteiger partial charge on any atom is 0.220 e. The van der Waals surface area contributed by atoms with Gasteiger partial charge in [-0.15, -0.1) is 0 Å². The highest BCUT2D eigenvalue weighted by molar-refractivity contribution is 7.98. The van der Waals surface area contributed by atoms with Crippen LogP contribution in [0.4, 0.5) is 0 Å². The number of thioether (sulfide) groups is 1. The fraction of sp³-hybridized carbons (Fsp3) is 0.857. The number of amides is 1. The average Bonchev–Trinajstić information content (AvgIpc) is 1.95. The van der Waals surface area contributed by atoms with Gasteiger partial charge in [0.25, 0.3) is 0 Å². The van der Waals surface area contributed by atoms with E-state index in [1.807, 2.05) is 11.8 Å². The number of piperidine rings is 1. The maximum absolute atomic E-state index is 10.7. The Kier molecular flexibility index (Phi) is 3.06. The second-order valence-electron chi connectivity index (χ2n) is 2.66. The van der Waals surface area contributed by atoms with E-state index in [0.717, 1.165) is 19.4 Å². The van der Waals surface area contributed by atoms with Crippen molar-refractivity contribution in [2.45, 2.75) is 12.8 Å². The van der Waals surface area contributed by atoms with Crippen LogP contribution in [0.5, 0.6) is 0 Å². The van der Waals surface area contributed by atoms with Gasteiger partial charge in [0.2, 0.25) is 5.91 Å². The Morgan fingerprint density at radius 2 is 2.60 bits per heavy atom. The van der Waals surface area contributed by atoms with E-state index in [9.17, 15) is 4.79 Å². The van der Waals surface area contributed by atoms with Gasteiger partial charge < -0.3 is 5.32 Å². The average molecular weight is 159 g/mol. The molecule has 1 amide bonds. The predicted octanol–water partition coefficient (Wildman–Crippen LogP) is 0.876. The van der Waals surface area contributed by atoms with Gasteiger partial charge in [0.05, 0.1) is 0 Å². The van der Waals surface area contributed by atoms with Crippen molar-refractivity contribution in [3.63, 3.8) is 0 Å². The molecule has 0 radical (unpaired) electrons. The van der Waals surface area contributed by atoms with E-state index >= 15 is 0 Å². The van der Waals surface area contributed by atoms with Crippen molar-refractivity contribution >= 4 is 17.7 Å². The molecule has 0 spiro atoms. The van der Waals surface area contributed by atoms with Crippen LogP contribution in [-0.2, 0) is 4.79 Å². The van der Waals surface area contributed by atoms with E-state index in [4.69, 9.17) is 0 Å². The van der Waals surface area contributed by atoms with Gasteiger partial charge in [0.15, 0.2) is 0 Å². The lowest BCUT2D eigenvalue weighted by Gasteiger charge is -2.20. The second-order valence-corrected chi connectivity index (χ2v) is 3.57. The van der Waals surface area contributed by atoms with Crippen LogP contribution in [0, 0.1) is 5.92 Å². The molecule has 58 valence electrons. The van der Waals surface area contributed by atoms with Gasteiger partial charge in [-0.2, -0.15) is 11.8 Å². The minimum atomic E-state index is 0.220. The highest BCUT2D eigenvalue weighted by Crippen LogP contribution is 2.14. The molecule has 0 aromatic heterocycles. The second kappa shape index (κ2) is 3.86. The van der Waals surface area contributed by atoms with E-state index in [1.54, 1.807) is 0 Å². The molecule has 1 fully saturated rings. The zero-order valence-electron chi connectivity index (χ0n) is 6.22. The molecule has 1 aliphatic heterocycles. The number of carbonyl (C=O) groups excluding carboxylic acids is 1. The molecule has 1 N–H and O–H groups in total. The molecular formula is C7H13NOS. The van der Waals surface area contributed by atoms with E-state index in [0.29, 0.717) is 5.92 Å². The largest absolute Gasteiger partial charge is 0.356 e. The first-order chi connectivity index (χ1) is 4.83. The van der Waals surface area contributed by atoms with Gasteiger partial charge >= 0.3 is 0 Å². The summed E-state index contributed by atoms with van der Waals surface area (Å²) in [6.45, 7) is 0.889. The Labute approximate surface area is 65.8 Å². The third-order valence-corrected chi connectivity index (χ3v) is 2.57. The lowest BCUT2D eigenvalue weighted by molar-refractivity contribution is -0.122. The standard InChI is InChI=1S/C7H13NOS/c1-10-5-6-2-3-7(9)8-4-6/h6H,2-5H2,1H3,(H,8,9). The van der Waals surface area contributed by atoms with Crippen molar-refractivity contribution in [3.8, 4) is 0 Å². The van der Waals surface area contributed by atoms with Gasteiger partial charge in [0, 0.05) is 13.0 Å². The molecule has 0 aromatic carbocycles. The molecule has 2 nitrogen and oxygen atoms in total. The molecule has 1 atom stereocenters. The first-order valence-corrected chi connectivity index (χ1v) is 4.98. The third kappa shape index (κ3) is 2.21. The highest BCUT2D eigenvalue weighted by atomic mass is 32.2. The number of rotatable bonds is 2. The summed E-state index contributed by atoms with van der Waals surface area (Å²) in [6, 6.07) is 0. The molecule has 1 unspecified atom stereocenters. The van der Waals surface area contributed by atoms with Gasteiger partial charge in [-0.05, 0) is 24.3 Å². The summed E-state index contributed by atoms with van der Waals surface area (Å²) in [6.07, 6.45) is 3.91. The summed E-state index contributed by atoms with van der Waals surface area (Å²) in [5.74, 6) is 2.12. The van der Waals surface area contributed by atoms with Crippen LogP contribution in [0.1, 0.15) is 12.8 Å². The summed E-state index contributed by atoms with van der Waals surface area (Å²) >= 11 is 1.86. The van der Waals surface area contributed by atoms with Crippen molar-refractivity contribution in [1.82, 2.24) is 5.32 Å². The summed E-state index contributed by atoms with van der Waals surface area (Å²) in [5, 5.41) is 2.86. The number of nitrogens with one attached hydrogen (secondary N) is 1. The minimum Gasteiger partial charge on any atom is -0.356 e. The Balaban J connectivity index is 2.19. The van der Waals surface area contributed by atoms with Crippen molar-refractivity contribution in [1.29, 1.82) is 0 Å². The molecule has 10 heavy (non-hydrogen) atoms. The SMILES string of the molecule is CSCC1CCC(=O)NC1. The van der Waals surface area contributed by atoms with Crippen LogP contribution < -0.4 is 5.32 Å². The van der Waals surface area contributed by atoms with Crippen molar-refractivity contribution in [2.24, 2.45) is 5.92 Å². The maximum atomic E-state index is 10.7. The third-order valence-electron chi connectivity index (χ3n) is 1.77. The monoisotopic (exact) mass is 159 g/mol. The van der Waals surface area contributed by atoms with Crippen LogP contribution in [0.15, 0.2) is 0 Å². The van der Waals surface area contributed by atoms with Crippen molar-refractivity contribution in [3.05, 3.63) is 0 Å². The van der Waals surface area contributed by atoms with Crippen LogP contribution >= 0.6 is 11.8 Å². The zero-order valence-corrected chi connectivity index (χ0v) is 7.04. The normalized spacial score (nSPS) is 26.1. The van der Waals surface area contributed by atoms with E-state index in [1.165, 1.54) is 5.75 Å². The van der Waals surface area contributed by atoms with E-state index in [-0.39, 0.29) is 5.91 Å². The molecule has 0 aliphatic carbocycles. The summed E-state index contributed by atoms with van der Waals surface area (Å²) in [5.41, 5.74) is 0. The van der Waals surface area contributed by atoms with Crippen LogP contribution in [0.3, 0.4) is 0 Å². The minimum absolute atomic E-state index is 0.220. The number of hydrogen-bond acceptors (Lipinski definition) is 2. The first kappa shape index (κ1) is 7.92. The van der Waals surface area contributed by atoms with Crippen LogP contribution in [0.25, 0.3) is 0 Å². The Morgan fingerprint density at radius 1 is 1.80 bits per heavy atom. The van der Waals surface area contributed by atoms with Gasteiger partial charge in [0.1, 0.15) is 0 Å². The van der Waals surface area contributed by atoms with Gasteiger partial charge in [-0.25, -0.2) is 0 Å². The quantitative estimate of drug-likeness (QED) is 0.648. The van der Waals surface area contributed by atoms with Crippen LogP contribution in [0.2, 0.25) is 0 Å². The van der Waals surface area contributed by atoms with Crippen molar-refractivity contribution < 1.29 is 4.79 Å². The lowest BCUT2D eigenvalue weighted by Crippen LogP contribution is -2.35. The molecule has 1 saturated heterocycles. The first-order valence-electron chi connectivity index (χ1n) is 3.58. The molecule has 0 bridgehead atoms. The van der Waals surface area contributed by atoms with E-state index in [2.05, 4.69) is 11.6 Å². The Hall–Kier alpha value is -0.180. The fourth-order valence-corrected chi connectivity index (χ4v) is 1.92. The molecule has 0 saturated carbocycles. The molecule has 3 heteroatoms.